The summed E-state index contributed by atoms with van der Waals surface area (Å²) >= 11 is 0. The van der Waals surface area contributed by atoms with Crippen LogP contribution in [0.25, 0.3) is 5.69 Å². The van der Waals surface area contributed by atoms with Crippen LogP contribution >= 0.6 is 0 Å². The lowest BCUT2D eigenvalue weighted by Crippen LogP contribution is -2.29. The van der Waals surface area contributed by atoms with Crippen LogP contribution in [0.5, 0.6) is 5.75 Å². The molecule has 0 saturated carbocycles. The highest BCUT2D eigenvalue weighted by atomic mass is 32.2. The predicted molar refractivity (Wildman–Crippen MR) is 129 cm³/mol. The summed E-state index contributed by atoms with van der Waals surface area (Å²) < 4.78 is 31.1. The Bertz CT molecular complexity index is 1500. The van der Waals surface area contributed by atoms with E-state index < -0.39 is 26.6 Å². The molecule has 1 fully saturated rings. The zero-order valence-electron chi connectivity index (χ0n) is 19.1. The van der Waals surface area contributed by atoms with E-state index in [1.165, 1.54) is 41.0 Å². The normalized spacial score (nSPS) is 18.2. The van der Waals surface area contributed by atoms with E-state index in [0.29, 0.717) is 28.4 Å². The summed E-state index contributed by atoms with van der Waals surface area (Å²) in [6, 6.07) is 12.5. The number of methoxy groups -OCH3 is 1. The Morgan fingerprint density at radius 2 is 1.89 bits per heavy atom. The lowest BCUT2D eigenvalue weighted by molar-refractivity contribution is -0.384. The molecule has 0 aliphatic carbocycles. The van der Waals surface area contributed by atoms with Crippen molar-refractivity contribution in [1.82, 2.24) is 9.78 Å². The van der Waals surface area contributed by atoms with E-state index >= 15 is 0 Å². The Labute approximate surface area is 205 Å². The lowest BCUT2D eigenvalue weighted by Gasteiger charge is -2.19. The number of para-hydroxylation sites is 2. The van der Waals surface area contributed by atoms with E-state index in [9.17, 15) is 28.1 Å². The van der Waals surface area contributed by atoms with E-state index in [4.69, 9.17) is 4.74 Å². The molecule has 1 aromatic heterocycles. The molecule has 3 heterocycles. The average molecular weight is 512 g/mol. The van der Waals surface area contributed by atoms with Gasteiger partial charge in [0, 0.05) is 30.7 Å². The molecule has 2 aromatic carbocycles. The number of fused-ring (bicyclic) bond motifs is 1. The number of sulfone groups is 1. The van der Waals surface area contributed by atoms with Crippen LogP contribution in [-0.2, 0) is 30.9 Å². The third-order valence-corrected chi connectivity index (χ3v) is 7.65. The molecule has 36 heavy (non-hydrogen) atoms. The number of nitro benzene ring substituents is 1. The second-order valence-corrected chi connectivity index (χ2v) is 10.6. The zero-order chi connectivity index (χ0) is 25.6. The van der Waals surface area contributed by atoms with Crippen LogP contribution in [0.4, 0.5) is 17.2 Å². The number of carbonyl (C=O) groups excluding carboxylic acids is 2. The molecule has 0 bridgehead atoms. The molecule has 5 rings (SSSR count). The van der Waals surface area contributed by atoms with Crippen LogP contribution in [-0.4, -0.2) is 48.6 Å². The molecule has 1 saturated heterocycles. The number of rotatable bonds is 6. The summed E-state index contributed by atoms with van der Waals surface area (Å²) in [5, 5.41) is 18.2. The molecule has 0 spiro atoms. The monoisotopic (exact) mass is 511 g/mol. The van der Waals surface area contributed by atoms with E-state index in [2.05, 4.69) is 10.4 Å². The van der Waals surface area contributed by atoms with Crippen molar-refractivity contribution in [2.45, 2.75) is 17.9 Å². The summed E-state index contributed by atoms with van der Waals surface area (Å²) in [6.45, 7) is 0.122. The maximum atomic E-state index is 13.3. The van der Waals surface area contributed by atoms with Gasteiger partial charge in [-0.25, -0.2) is 13.1 Å². The van der Waals surface area contributed by atoms with Gasteiger partial charge in [-0.15, -0.1) is 0 Å². The van der Waals surface area contributed by atoms with Crippen LogP contribution in [0.3, 0.4) is 0 Å². The second kappa shape index (κ2) is 8.75. The van der Waals surface area contributed by atoms with Gasteiger partial charge in [0.25, 0.3) is 5.69 Å². The zero-order valence-corrected chi connectivity index (χ0v) is 19.9. The largest absolute Gasteiger partial charge is 0.495 e. The van der Waals surface area contributed by atoms with Crippen molar-refractivity contribution in [3.8, 4) is 11.4 Å². The first-order valence-corrected chi connectivity index (χ1v) is 12.8. The van der Waals surface area contributed by atoms with Crippen molar-refractivity contribution < 1.29 is 27.7 Å². The topological polar surface area (TPSA) is 154 Å². The third kappa shape index (κ3) is 4.17. The molecule has 2 aliphatic rings. The molecule has 1 atom stereocenters. The fraction of sp³-hybridized carbons (Fsp3) is 0.261. The van der Waals surface area contributed by atoms with E-state index in [-0.39, 0.29) is 41.9 Å². The molecule has 12 nitrogen and oxygen atoms in total. The minimum atomic E-state index is -3.41. The minimum Gasteiger partial charge on any atom is -0.495 e. The smallest absolute Gasteiger partial charge is 0.269 e. The quantitative estimate of drug-likeness (QED) is 0.390. The standard InChI is InChI=1S/C23H21N5O7S/c1-35-20-5-3-2-4-19(20)26-11-14(10-21(26)29)23(30)24-22-17-12-36(33,34)13-18(17)25-27(22)15-6-8-16(9-7-15)28(31)32/h2-9,14H,10-13H2,1H3,(H,24,30). The number of nitrogens with zero attached hydrogens (tertiary/aromatic N) is 4. The van der Waals surface area contributed by atoms with Crippen LogP contribution in [0.15, 0.2) is 48.5 Å². The summed E-state index contributed by atoms with van der Waals surface area (Å²) in [5.74, 6) is -1.28. The first kappa shape index (κ1) is 23.5. The van der Waals surface area contributed by atoms with Crippen LogP contribution in [0.1, 0.15) is 17.7 Å². The molecule has 13 heteroatoms. The Morgan fingerprint density at radius 3 is 2.58 bits per heavy atom. The average Bonchev–Trinajstić information content (AvgIpc) is 3.49. The number of nitrogens with one attached hydrogen (secondary N) is 1. The highest BCUT2D eigenvalue weighted by Gasteiger charge is 2.38. The summed E-state index contributed by atoms with van der Waals surface area (Å²) in [4.78, 5) is 38.0. The Morgan fingerprint density at radius 1 is 1.17 bits per heavy atom. The minimum absolute atomic E-state index is 0.0317. The van der Waals surface area contributed by atoms with Crippen LogP contribution in [0.2, 0.25) is 0 Å². The summed E-state index contributed by atoms with van der Waals surface area (Å²) in [7, 11) is -1.91. The summed E-state index contributed by atoms with van der Waals surface area (Å²) in [5.41, 5.74) is 1.53. The highest BCUT2D eigenvalue weighted by molar-refractivity contribution is 7.90. The van der Waals surface area contributed by atoms with Crippen molar-refractivity contribution in [3.05, 3.63) is 69.9 Å². The molecule has 3 aromatic rings. The number of hydrogen-bond donors (Lipinski definition) is 1. The van der Waals surface area contributed by atoms with Gasteiger partial charge in [0.15, 0.2) is 9.84 Å². The second-order valence-electron chi connectivity index (χ2n) is 8.56. The highest BCUT2D eigenvalue weighted by Crippen LogP contribution is 2.36. The van der Waals surface area contributed by atoms with Crippen molar-refractivity contribution >= 4 is 38.8 Å². The number of nitro groups is 1. The van der Waals surface area contributed by atoms with Crippen molar-refractivity contribution in [1.29, 1.82) is 0 Å². The van der Waals surface area contributed by atoms with Gasteiger partial charge in [-0.05, 0) is 24.3 Å². The van der Waals surface area contributed by atoms with Crippen molar-refractivity contribution in [2.75, 3.05) is 23.9 Å². The first-order valence-electron chi connectivity index (χ1n) is 11.0. The van der Waals surface area contributed by atoms with Gasteiger partial charge in [-0.2, -0.15) is 5.10 Å². The molecule has 1 unspecified atom stereocenters. The Kier molecular flexibility index (Phi) is 5.71. The first-order chi connectivity index (χ1) is 17.2. The molecule has 2 amide bonds. The number of non-ortho nitro benzene ring substituents is 1. The predicted octanol–water partition coefficient (Wildman–Crippen LogP) is 2.21. The number of benzene rings is 2. The van der Waals surface area contributed by atoms with Gasteiger partial charge in [0.1, 0.15) is 11.6 Å². The molecule has 186 valence electrons. The van der Waals surface area contributed by atoms with E-state index in [1.807, 2.05) is 0 Å². The molecule has 1 N–H and O–H groups in total. The van der Waals surface area contributed by atoms with Crippen molar-refractivity contribution in [2.24, 2.45) is 5.92 Å². The third-order valence-electron chi connectivity index (χ3n) is 6.21. The Hall–Kier alpha value is -4.26. The van der Waals surface area contributed by atoms with Gasteiger partial charge in [0.05, 0.1) is 46.5 Å². The van der Waals surface area contributed by atoms with Crippen LogP contribution in [0, 0.1) is 16.0 Å². The number of amides is 2. The van der Waals surface area contributed by atoms with Gasteiger partial charge >= 0.3 is 0 Å². The van der Waals surface area contributed by atoms with Gasteiger partial charge in [-0.1, -0.05) is 12.1 Å². The number of hydrogen-bond acceptors (Lipinski definition) is 8. The van der Waals surface area contributed by atoms with E-state index in [0.717, 1.165) is 0 Å². The molecular formula is C23H21N5O7S. The van der Waals surface area contributed by atoms with Gasteiger partial charge in [0.2, 0.25) is 11.8 Å². The maximum Gasteiger partial charge on any atom is 0.269 e. The molecule has 2 aliphatic heterocycles. The number of ether oxygens (including phenoxy) is 1. The number of anilines is 2. The summed E-state index contributed by atoms with van der Waals surface area (Å²) in [6.07, 6.45) is -0.0317. The van der Waals surface area contributed by atoms with E-state index in [1.54, 1.807) is 24.3 Å². The Balaban J connectivity index is 1.44. The molecular weight excluding hydrogens is 490 g/mol. The SMILES string of the molecule is COc1ccccc1N1CC(C(=O)Nc2c3c(nn2-c2ccc([N+](=O)[O-])cc2)CS(=O)(=O)C3)CC1=O. The lowest BCUT2D eigenvalue weighted by atomic mass is 10.1. The number of aromatic nitrogens is 2. The van der Waals surface area contributed by atoms with Gasteiger partial charge < -0.3 is 15.0 Å². The fourth-order valence-electron chi connectivity index (χ4n) is 4.46. The maximum absolute atomic E-state index is 13.3. The van der Waals surface area contributed by atoms with Crippen LogP contribution < -0.4 is 15.0 Å². The number of carbonyl (C=O) groups is 2. The van der Waals surface area contributed by atoms with Gasteiger partial charge in [-0.3, -0.25) is 19.7 Å². The molecule has 0 radical (unpaired) electrons. The fourth-order valence-corrected chi connectivity index (χ4v) is 5.95. The van der Waals surface area contributed by atoms with Crippen molar-refractivity contribution in [3.63, 3.8) is 0 Å².